The van der Waals surface area contributed by atoms with Crippen LogP contribution in [0.4, 0.5) is 0 Å². The number of hydrazine groups is 1. The van der Waals surface area contributed by atoms with Crippen LogP contribution < -0.4 is 0 Å². The fourth-order valence-corrected chi connectivity index (χ4v) is 5.06. The van der Waals surface area contributed by atoms with Crippen molar-refractivity contribution in [1.29, 1.82) is 0 Å². The Bertz CT molecular complexity index is 1180. The smallest absolute Gasteiger partial charge is 0.356 e. The molecule has 1 fully saturated rings. The first-order valence-corrected chi connectivity index (χ1v) is 11.6. The Hall–Kier alpha value is -4.01. The third-order valence-corrected chi connectivity index (χ3v) is 6.44. The molecule has 0 bridgehead atoms. The summed E-state index contributed by atoms with van der Waals surface area (Å²) in [7, 11) is 2.47. The van der Waals surface area contributed by atoms with Crippen molar-refractivity contribution in [3.05, 3.63) is 108 Å². The number of nitrogens with zero attached hydrogens (tertiary/aromatic N) is 3. The molecule has 0 aliphatic carbocycles. The van der Waals surface area contributed by atoms with Crippen molar-refractivity contribution in [2.45, 2.75) is 18.1 Å². The molecular weight excluding hydrogens is 458 g/mol. The van der Waals surface area contributed by atoms with Gasteiger partial charge in [-0.25, -0.2) is 14.6 Å². The van der Waals surface area contributed by atoms with Crippen LogP contribution in [-0.4, -0.2) is 66.1 Å². The molecular formula is C28H29N3O5. The fraction of sp³-hybridized carbons (Fsp3) is 0.250. The van der Waals surface area contributed by atoms with E-state index in [2.05, 4.69) is 13.2 Å². The van der Waals surface area contributed by atoms with Crippen LogP contribution in [0.1, 0.15) is 23.2 Å². The van der Waals surface area contributed by atoms with E-state index in [4.69, 9.17) is 9.47 Å². The number of ether oxygens (including phenoxy) is 2. The van der Waals surface area contributed by atoms with Gasteiger partial charge in [-0.1, -0.05) is 72.8 Å². The second-order valence-electron chi connectivity index (χ2n) is 8.42. The molecule has 1 saturated heterocycles. The van der Waals surface area contributed by atoms with Crippen LogP contribution in [0.25, 0.3) is 0 Å². The summed E-state index contributed by atoms with van der Waals surface area (Å²) in [5, 5.41) is 3.10. The zero-order valence-corrected chi connectivity index (χ0v) is 20.4. The zero-order chi connectivity index (χ0) is 25.8. The second-order valence-corrected chi connectivity index (χ2v) is 8.42. The Morgan fingerprint density at radius 3 is 1.92 bits per heavy atom. The maximum absolute atomic E-state index is 14.2. The number of methoxy groups -OCH3 is 2. The van der Waals surface area contributed by atoms with E-state index in [0.29, 0.717) is 13.1 Å². The summed E-state index contributed by atoms with van der Waals surface area (Å²) in [5.41, 5.74) is 1.51. The predicted molar refractivity (Wildman–Crippen MR) is 134 cm³/mol. The molecule has 4 rings (SSSR count). The number of benzene rings is 2. The Morgan fingerprint density at radius 1 is 0.889 bits per heavy atom. The van der Waals surface area contributed by atoms with Crippen molar-refractivity contribution in [3.8, 4) is 0 Å². The maximum atomic E-state index is 14.2. The molecule has 8 heteroatoms. The van der Waals surface area contributed by atoms with E-state index >= 15 is 0 Å². The van der Waals surface area contributed by atoms with Gasteiger partial charge < -0.3 is 9.47 Å². The summed E-state index contributed by atoms with van der Waals surface area (Å²) in [4.78, 5) is 42.4. The number of hydrogen-bond donors (Lipinski definition) is 0. The SMILES string of the molecule is C=CCN(CC=C)[C@@H]1C(=O)N2C(C(=O)OC)=C(C(=O)OC)[C@@H](c3ccccc3)N2[C@H]1c1ccccc1. The average molecular weight is 488 g/mol. The number of fused-ring (bicyclic) bond motifs is 1. The van der Waals surface area contributed by atoms with Crippen LogP contribution in [0.2, 0.25) is 0 Å². The summed E-state index contributed by atoms with van der Waals surface area (Å²) in [6.07, 6.45) is 3.45. The van der Waals surface area contributed by atoms with Gasteiger partial charge in [-0.3, -0.25) is 9.69 Å². The number of hydrogen-bond acceptors (Lipinski definition) is 7. The van der Waals surface area contributed by atoms with Crippen molar-refractivity contribution >= 4 is 17.8 Å². The van der Waals surface area contributed by atoms with Crippen LogP contribution in [0.15, 0.2) is 97.2 Å². The average Bonchev–Trinajstić information content (AvgIpc) is 3.41. The largest absolute Gasteiger partial charge is 0.466 e. The number of esters is 2. The van der Waals surface area contributed by atoms with Crippen molar-refractivity contribution < 1.29 is 23.9 Å². The van der Waals surface area contributed by atoms with E-state index < -0.39 is 30.1 Å². The van der Waals surface area contributed by atoms with Crippen molar-refractivity contribution in [3.63, 3.8) is 0 Å². The van der Waals surface area contributed by atoms with Crippen LogP contribution in [-0.2, 0) is 23.9 Å². The van der Waals surface area contributed by atoms with Crippen molar-refractivity contribution in [1.82, 2.24) is 14.9 Å². The van der Waals surface area contributed by atoms with Gasteiger partial charge in [-0.15, -0.1) is 13.2 Å². The third kappa shape index (κ3) is 4.14. The molecule has 0 radical (unpaired) electrons. The molecule has 186 valence electrons. The van der Waals surface area contributed by atoms with E-state index in [1.807, 2.05) is 65.6 Å². The normalized spacial score (nSPS) is 21.5. The Balaban J connectivity index is 2.01. The standard InChI is InChI=1S/C28H29N3O5/c1-5-17-29(18-6-2)25-23(20-15-11-8-12-16-20)30-22(19-13-9-7-10-14-19)21(27(33)35-3)24(28(34)36-4)31(30)26(25)32/h5-16,22-23,25H,1-2,17-18H2,3-4H3/t22-,23+,25+/m1/s1. The van der Waals surface area contributed by atoms with Crippen molar-refractivity contribution in [2.24, 2.45) is 0 Å². The van der Waals surface area contributed by atoms with Gasteiger partial charge in [0.05, 0.1) is 31.9 Å². The molecule has 0 saturated carbocycles. The molecule has 2 aliphatic heterocycles. The number of carbonyl (C=O) groups excluding carboxylic acids is 3. The molecule has 2 aliphatic rings. The summed E-state index contributed by atoms with van der Waals surface area (Å²) >= 11 is 0. The van der Waals surface area contributed by atoms with Crippen LogP contribution >= 0.6 is 0 Å². The van der Waals surface area contributed by atoms with Crippen molar-refractivity contribution in [2.75, 3.05) is 27.3 Å². The van der Waals surface area contributed by atoms with Gasteiger partial charge in [-0.05, 0) is 11.1 Å². The molecule has 0 spiro atoms. The number of amides is 1. The topological polar surface area (TPSA) is 79.4 Å². The summed E-state index contributed by atoms with van der Waals surface area (Å²) < 4.78 is 10.2. The molecule has 2 aromatic rings. The van der Waals surface area contributed by atoms with Gasteiger partial charge in [0.25, 0.3) is 5.91 Å². The highest BCUT2D eigenvalue weighted by Crippen LogP contribution is 2.52. The zero-order valence-electron chi connectivity index (χ0n) is 20.4. The van der Waals surface area contributed by atoms with E-state index in [1.54, 1.807) is 17.2 Å². The van der Waals surface area contributed by atoms with E-state index in [0.717, 1.165) is 11.1 Å². The minimum absolute atomic E-state index is 0.0577. The fourth-order valence-electron chi connectivity index (χ4n) is 5.06. The minimum Gasteiger partial charge on any atom is -0.466 e. The van der Waals surface area contributed by atoms with Gasteiger partial charge in [-0.2, -0.15) is 5.01 Å². The molecule has 0 unspecified atom stereocenters. The minimum atomic E-state index is -0.793. The number of carbonyl (C=O) groups is 3. The van der Waals surface area contributed by atoms with Crippen LogP contribution in [0, 0.1) is 0 Å². The summed E-state index contributed by atoms with van der Waals surface area (Å²) in [6.45, 7) is 8.55. The lowest BCUT2D eigenvalue weighted by atomic mass is 9.92. The Morgan fingerprint density at radius 2 is 1.42 bits per heavy atom. The monoisotopic (exact) mass is 487 g/mol. The lowest BCUT2D eigenvalue weighted by molar-refractivity contribution is -0.147. The first kappa shape index (κ1) is 25.1. The van der Waals surface area contributed by atoms with Gasteiger partial charge in [0.15, 0.2) is 5.70 Å². The molecule has 0 aromatic heterocycles. The van der Waals surface area contributed by atoms with Gasteiger partial charge in [0.2, 0.25) is 0 Å². The third-order valence-electron chi connectivity index (χ3n) is 6.44. The van der Waals surface area contributed by atoms with E-state index in [9.17, 15) is 14.4 Å². The Labute approximate surface area is 210 Å². The first-order valence-electron chi connectivity index (χ1n) is 11.6. The summed E-state index contributed by atoms with van der Waals surface area (Å²) in [6, 6.07) is 16.8. The van der Waals surface area contributed by atoms with E-state index in [-0.39, 0.29) is 17.2 Å². The highest BCUT2D eigenvalue weighted by molar-refractivity contribution is 6.06. The molecule has 0 N–H and O–H groups in total. The molecule has 2 aromatic carbocycles. The molecule has 1 amide bonds. The molecule has 2 heterocycles. The second kappa shape index (κ2) is 10.7. The maximum Gasteiger partial charge on any atom is 0.356 e. The predicted octanol–water partition coefficient (Wildman–Crippen LogP) is 3.18. The molecule has 8 nitrogen and oxygen atoms in total. The highest BCUT2D eigenvalue weighted by Gasteiger charge is 2.60. The highest BCUT2D eigenvalue weighted by atomic mass is 16.5. The van der Waals surface area contributed by atoms with E-state index in [1.165, 1.54) is 19.2 Å². The van der Waals surface area contributed by atoms with Crippen LogP contribution in [0.3, 0.4) is 0 Å². The quantitative estimate of drug-likeness (QED) is 0.397. The Kier molecular flexibility index (Phi) is 7.47. The van der Waals surface area contributed by atoms with Gasteiger partial charge in [0, 0.05) is 13.1 Å². The van der Waals surface area contributed by atoms with Gasteiger partial charge >= 0.3 is 11.9 Å². The number of rotatable bonds is 9. The molecule has 3 atom stereocenters. The summed E-state index contributed by atoms with van der Waals surface area (Å²) in [5.74, 6) is -1.85. The van der Waals surface area contributed by atoms with Crippen LogP contribution in [0.5, 0.6) is 0 Å². The molecule has 36 heavy (non-hydrogen) atoms. The first-order chi connectivity index (χ1) is 17.5. The lowest BCUT2D eigenvalue weighted by Crippen LogP contribution is -2.45. The van der Waals surface area contributed by atoms with Gasteiger partial charge in [0.1, 0.15) is 6.04 Å². The lowest BCUT2D eigenvalue weighted by Gasteiger charge is -2.35.